The van der Waals surface area contributed by atoms with Gasteiger partial charge in [0.2, 0.25) is 0 Å². The minimum Gasteiger partial charge on any atom is -0.493 e. The fourth-order valence-corrected chi connectivity index (χ4v) is 4.54. The molecule has 0 spiro atoms. The summed E-state index contributed by atoms with van der Waals surface area (Å²) in [5, 5.41) is 1.04. The Morgan fingerprint density at radius 1 is 0.938 bits per heavy atom. The molecule has 0 atom stereocenters. The molecular weight excluding hydrogens is 400 g/mol. The fraction of sp³-hybridized carbons (Fsp3) is 0.222. The van der Waals surface area contributed by atoms with Crippen LogP contribution in [0.3, 0.4) is 0 Å². The predicted molar refractivity (Wildman–Crippen MR) is 126 cm³/mol. The largest absolute Gasteiger partial charge is 0.493 e. The van der Waals surface area contributed by atoms with Crippen LogP contribution in [0.15, 0.2) is 60.7 Å². The molecule has 162 valence electrons. The molecule has 0 radical (unpaired) electrons. The van der Waals surface area contributed by atoms with Gasteiger partial charge in [-0.25, -0.2) is 0 Å². The van der Waals surface area contributed by atoms with Gasteiger partial charge in [-0.1, -0.05) is 30.3 Å². The van der Waals surface area contributed by atoms with Crippen LogP contribution in [-0.4, -0.2) is 36.6 Å². The summed E-state index contributed by atoms with van der Waals surface area (Å²) in [5.41, 5.74) is 7.48. The second kappa shape index (κ2) is 8.08. The minimum absolute atomic E-state index is 0.0130. The monoisotopic (exact) mass is 426 g/mol. The normalized spacial score (nSPS) is 13.2. The molecule has 1 N–H and O–H groups in total. The molecule has 0 bridgehead atoms. The second-order valence-electron chi connectivity index (χ2n) is 8.25. The highest BCUT2D eigenvalue weighted by Gasteiger charge is 2.24. The van der Waals surface area contributed by atoms with Gasteiger partial charge in [0.1, 0.15) is 5.69 Å². The van der Waals surface area contributed by atoms with E-state index < -0.39 is 0 Å². The molecule has 0 unspecified atom stereocenters. The van der Waals surface area contributed by atoms with Gasteiger partial charge >= 0.3 is 0 Å². The number of rotatable bonds is 4. The molecule has 0 saturated carbocycles. The standard InChI is InChI=1S/C27H26N2O3/c1-17-6-4-5-7-22(17)19-8-9-23-20(12-19)13-24(28-23)27(30)29-11-10-18-14-25(31-2)26(32-3)15-21(18)16-29/h4-9,12-15,28H,10-11,16H2,1-3H3. The third-order valence-corrected chi connectivity index (χ3v) is 6.31. The molecule has 1 aliphatic heterocycles. The highest BCUT2D eigenvalue weighted by molar-refractivity contribution is 5.99. The maximum absolute atomic E-state index is 13.3. The molecule has 5 rings (SSSR count). The molecule has 0 fully saturated rings. The fourth-order valence-electron chi connectivity index (χ4n) is 4.54. The van der Waals surface area contributed by atoms with Crippen molar-refractivity contribution in [2.24, 2.45) is 0 Å². The summed E-state index contributed by atoms with van der Waals surface area (Å²) in [5.74, 6) is 1.43. The Bertz CT molecular complexity index is 1320. The maximum Gasteiger partial charge on any atom is 0.270 e. The number of fused-ring (bicyclic) bond motifs is 2. The lowest BCUT2D eigenvalue weighted by Gasteiger charge is -2.29. The zero-order valence-electron chi connectivity index (χ0n) is 18.6. The van der Waals surface area contributed by atoms with E-state index in [1.807, 2.05) is 29.2 Å². The van der Waals surface area contributed by atoms with Crippen molar-refractivity contribution in [2.45, 2.75) is 19.9 Å². The van der Waals surface area contributed by atoms with Gasteiger partial charge in [-0.3, -0.25) is 4.79 Å². The van der Waals surface area contributed by atoms with E-state index in [-0.39, 0.29) is 5.91 Å². The molecule has 0 saturated heterocycles. The Morgan fingerprint density at radius 3 is 2.44 bits per heavy atom. The number of hydrogen-bond acceptors (Lipinski definition) is 3. The Hall–Kier alpha value is -3.73. The van der Waals surface area contributed by atoms with E-state index >= 15 is 0 Å². The number of amides is 1. The molecule has 1 aromatic heterocycles. The van der Waals surface area contributed by atoms with Gasteiger partial charge < -0.3 is 19.4 Å². The summed E-state index contributed by atoms with van der Waals surface area (Å²) in [7, 11) is 3.27. The van der Waals surface area contributed by atoms with Crippen LogP contribution in [0.2, 0.25) is 0 Å². The van der Waals surface area contributed by atoms with Gasteiger partial charge in [0, 0.05) is 24.0 Å². The number of benzene rings is 3. The summed E-state index contributed by atoms with van der Waals surface area (Å²) < 4.78 is 10.9. The molecule has 5 nitrogen and oxygen atoms in total. The maximum atomic E-state index is 13.3. The molecule has 1 aliphatic rings. The number of ether oxygens (including phenoxy) is 2. The highest BCUT2D eigenvalue weighted by Crippen LogP contribution is 2.34. The third kappa shape index (κ3) is 3.50. The number of aromatic nitrogens is 1. The smallest absolute Gasteiger partial charge is 0.270 e. The van der Waals surface area contributed by atoms with Crippen molar-refractivity contribution in [1.82, 2.24) is 9.88 Å². The van der Waals surface area contributed by atoms with Crippen molar-refractivity contribution < 1.29 is 14.3 Å². The average molecular weight is 427 g/mol. The van der Waals surface area contributed by atoms with E-state index in [2.05, 4.69) is 48.3 Å². The van der Waals surface area contributed by atoms with Gasteiger partial charge in [0.05, 0.1) is 14.2 Å². The summed E-state index contributed by atoms with van der Waals surface area (Å²) in [6, 6.07) is 20.6. The number of aryl methyl sites for hydroxylation is 1. The number of carbonyl (C=O) groups excluding carboxylic acids is 1. The van der Waals surface area contributed by atoms with Gasteiger partial charge in [0.25, 0.3) is 5.91 Å². The Balaban J connectivity index is 1.42. The number of nitrogens with one attached hydrogen (secondary N) is 1. The number of H-pyrrole nitrogens is 1. The zero-order valence-corrected chi connectivity index (χ0v) is 18.6. The van der Waals surface area contributed by atoms with Gasteiger partial charge in [0.15, 0.2) is 11.5 Å². The van der Waals surface area contributed by atoms with Crippen molar-refractivity contribution in [1.29, 1.82) is 0 Å². The van der Waals surface area contributed by atoms with Crippen LogP contribution in [0.1, 0.15) is 27.2 Å². The first-order chi connectivity index (χ1) is 15.6. The van der Waals surface area contributed by atoms with E-state index in [1.54, 1.807) is 14.2 Å². The van der Waals surface area contributed by atoms with Crippen molar-refractivity contribution in [3.63, 3.8) is 0 Å². The third-order valence-electron chi connectivity index (χ3n) is 6.31. The molecule has 0 aliphatic carbocycles. The first kappa shape index (κ1) is 20.2. The number of aromatic amines is 1. The Labute approximate surface area is 187 Å². The van der Waals surface area contributed by atoms with Crippen molar-refractivity contribution in [3.8, 4) is 22.6 Å². The Morgan fingerprint density at radius 2 is 1.69 bits per heavy atom. The molecule has 5 heteroatoms. The Kier molecular flexibility index (Phi) is 5.10. The molecule has 2 heterocycles. The zero-order chi connectivity index (χ0) is 22.2. The minimum atomic E-state index is 0.0130. The van der Waals surface area contributed by atoms with E-state index in [4.69, 9.17) is 9.47 Å². The topological polar surface area (TPSA) is 54.6 Å². The lowest BCUT2D eigenvalue weighted by atomic mass is 9.98. The van der Waals surface area contributed by atoms with E-state index in [0.29, 0.717) is 24.5 Å². The molecular formula is C27H26N2O3. The van der Waals surface area contributed by atoms with Gasteiger partial charge in [-0.05, 0) is 71.5 Å². The first-order valence-electron chi connectivity index (χ1n) is 10.8. The summed E-state index contributed by atoms with van der Waals surface area (Å²) in [4.78, 5) is 18.5. The van der Waals surface area contributed by atoms with Crippen molar-refractivity contribution in [2.75, 3.05) is 20.8 Å². The van der Waals surface area contributed by atoms with E-state index in [1.165, 1.54) is 16.7 Å². The average Bonchev–Trinajstić information content (AvgIpc) is 3.26. The van der Waals surface area contributed by atoms with Crippen molar-refractivity contribution >= 4 is 16.8 Å². The number of hydrogen-bond donors (Lipinski definition) is 1. The van der Waals surface area contributed by atoms with Gasteiger partial charge in [-0.15, -0.1) is 0 Å². The molecule has 4 aromatic rings. The summed E-state index contributed by atoms with van der Waals surface area (Å²) in [6.07, 6.45) is 0.791. The van der Waals surface area contributed by atoms with Crippen LogP contribution >= 0.6 is 0 Å². The van der Waals surface area contributed by atoms with Crippen LogP contribution < -0.4 is 9.47 Å². The van der Waals surface area contributed by atoms with E-state index in [9.17, 15) is 4.79 Å². The highest BCUT2D eigenvalue weighted by atomic mass is 16.5. The molecule has 32 heavy (non-hydrogen) atoms. The number of methoxy groups -OCH3 is 2. The van der Waals surface area contributed by atoms with Crippen LogP contribution in [-0.2, 0) is 13.0 Å². The first-order valence-corrected chi connectivity index (χ1v) is 10.8. The lowest BCUT2D eigenvalue weighted by Crippen LogP contribution is -2.36. The lowest BCUT2D eigenvalue weighted by molar-refractivity contribution is 0.0729. The second-order valence-corrected chi connectivity index (χ2v) is 8.25. The van der Waals surface area contributed by atoms with Crippen LogP contribution in [0.25, 0.3) is 22.0 Å². The molecule has 1 amide bonds. The number of carbonyl (C=O) groups is 1. The van der Waals surface area contributed by atoms with Crippen LogP contribution in [0.5, 0.6) is 11.5 Å². The SMILES string of the molecule is COc1cc2c(cc1OC)CN(C(=O)c1cc3cc(-c4ccccc4C)ccc3[nH]1)CC2. The van der Waals surface area contributed by atoms with Crippen molar-refractivity contribution in [3.05, 3.63) is 83.0 Å². The summed E-state index contributed by atoms with van der Waals surface area (Å²) in [6.45, 7) is 3.34. The molecule has 3 aromatic carbocycles. The number of nitrogens with zero attached hydrogens (tertiary/aromatic N) is 1. The predicted octanol–water partition coefficient (Wildman–Crippen LogP) is 5.36. The van der Waals surface area contributed by atoms with Gasteiger partial charge in [-0.2, -0.15) is 0 Å². The quantitative estimate of drug-likeness (QED) is 0.478. The van der Waals surface area contributed by atoms with Crippen LogP contribution in [0, 0.1) is 6.92 Å². The van der Waals surface area contributed by atoms with E-state index in [0.717, 1.165) is 34.2 Å². The van der Waals surface area contributed by atoms with Crippen LogP contribution in [0.4, 0.5) is 0 Å². The summed E-state index contributed by atoms with van der Waals surface area (Å²) >= 11 is 0.